The van der Waals surface area contributed by atoms with Gasteiger partial charge in [0, 0.05) is 83.5 Å². The fourth-order valence-electron chi connectivity index (χ4n) is 9.14. The molecule has 13 aromatic rings. The number of aromatic nitrogens is 6. The summed E-state index contributed by atoms with van der Waals surface area (Å²) in [5.74, 6) is 0.969. The van der Waals surface area contributed by atoms with Crippen LogP contribution in [0.15, 0.2) is 231 Å². The Morgan fingerprint density at radius 3 is 1.79 bits per heavy atom. The van der Waals surface area contributed by atoms with Crippen molar-refractivity contribution in [2.24, 2.45) is 0 Å². The number of nitrogens with zero attached hydrogens (tertiary/aromatic N) is 6. The summed E-state index contributed by atoms with van der Waals surface area (Å²) >= 11 is 1.76. The van der Waals surface area contributed by atoms with E-state index >= 15 is 0 Å². The summed E-state index contributed by atoms with van der Waals surface area (Å²) in [4.78, 5) is 24.7. The second kappa shape index (κ2) is 16.5. The Kier molecular flexibility index (Phi) is 7.94. The van der Waals surface area contributed by atoms with Crippen molar-refractivity contribution in [2.45, 2.75) is 0 Å². The van der Waals surface area contributed by atoms with E-state index in [1.54, 1.807) is 40.4 Å². The first kappa shape index (κ1) is 32.7. The standard InChI is InChI=1S/C61H38N6S/c1-2-14-39(15-3-1)40-28-29-57-53(36-40)51-24-11-23-48(58(51)68-57)41-16-10-17-42(32-41)59-64-60(47-34-45(43-18-12-30-62-37-43)33-46(35-47)44-19-13-31-63-38-44)66-61(65-59)52-22-6-9-27-56(52)67-54-25-7-4-20-49(54)50-21-5-8-26-55(50)67/h1-38H/i4D,5D,7D,20D,21D,25D,26D. The lowest BCUT2D eigenvalue weighted by Gasteiger charge is -2.15. The smallest absolute Gasteiger partial charge is 0.166 e. The molecule has 0 aliphatic rings. The Bertz CT molecular complexity index is 4390. The summed E-state index contributed by atoms with van der Waals surface area (Å²) in [7, 11) is 0. The molecule has 0 spiro atoms. The summed E-state index contributed by atoms with van der Waals surface area (Å²) in [5.41, 5.74) is 10.4. The average Bonchev–Trinajstić information content (AvgIpc) is 4.17. The zero-order chi connectivity index (χ0) is 51.1. The third-order valence-electron chi connectivity index (χ3n) is 12.3. The minimum atomic E-state index is -0.477. The topological polar surface area (TPSA) is 69.4 Å². The zero-order valence-electron chi connectivity index (χ0n) is 43.0. The molecule has 6 nitrogen and oxygen atoms in total. The molecule has 0 atom stereocenters. The third-order valence-corrected chi connectivity index (χ3v) is 13.5. The molecule has 13 rings (SSSR count). The molecule has 5 aromatic heterocycles. The van der Waals surface area contributed by atoms with Gasteiger partial charge in [0.1, 0.15) is 0 Å². The molecule has 0 aliphatic heterocycles. The SMILES string of the molecule is [2H]c1cc([2H])c2c(c1[2H])c1c([2H])c([2H])c([2H])c([2H])c1n2-c1ccccc1-c1nc(-c2cc(-c3cccnc3)cc(-c3cccnc3)c2)nc(-c2cccc(-c3cccc4c3sc3ccc(-c5ccccc5)cc34)c2)n1. The number of hydrogen-bond acceptors (Lipinski definition) is 6. The van der Waals surface area contributed by atoms with Gasteiger partial charge in [-0.25, -0.2) is 15.0 Å². The van der Waals surface area contributed by atoms with Crippen molar-refractivity contribution >= 4 is 53.3 Å². The van der Waals surface area contributed by atoms with Gasteiger partial charge in [0.2, 0.25) is 0 Å². The first-order valence-corrected chi connectivity index (χ1v) is 22.9. The Morgan fingerprint density at radius 1 is 0.382 bits per heavy atom. The largest absolute Gasteiger partial charge is 0.309 e. The van der Waals surface area contributed by atoms with Crippen molar-refractivity contribution in [2.75, 3.05) is 0 Å². The van der Waals surface area contributed by atoms with Crippen molar-refractivity contribution < 1.29 is 9.60 Å². The number of pyridine rings is 2. The van der Waals surface area contributed by atoms with Crippen molar-refractivity contribution in [1.82, 2.24) is 29.5 Å². The number of rotatable bonds is 8. The molecule has 68 heavy (non-hydrogen) atoms. The second-order valence-electron chi connectivity index (χ2n) is 16.4. The molecular weight excluding hydrogens is 849 g/mol. The summed E-state index contributed by atoms with van der Waals surface area (Å²) in [5, 5.41) is 2.48. The van der Waals surface area contributed by atoms with Gasteiger partial charge in [0.15, 0.2) is 17.5 Å². The van der Waals surface area contributed by atoms with Gasteiger partial charge >= 0.3 is 0 Å². The fourth-order valence-corrected chi connectivity index (χ4v) is 10.4. The van der Waals surface area contributed by atoms with Crippen LogP contribution in [-0.4, -0.2) is 29.5 Å². The van der Waals surface area contributed by atoms with Crippen LogP contribution in [-0.2, 0) is 0 Å². The lowest BCUT2D eigenvalue weighted by molar-refractivity contribution is 1.06. The molecule has 0 radical (unpaired) electrons. The van der Waals surface area contributed by atoms with Crippen LogP contribution in [0.4, 0.5) is 0 Å². The van der Waals surface area contributed by atoms with E-state index in [1.807, 2.05) is 79.1 Å². The van der Waals surface area contributed by atoms with E-state index < -0.39 is 12.1 Å². The zero-order valence-corrected chi connectivity index (χ0v) is 36.8. The minimum absolute atomic E-state index is 0.0488. The average molecular weight is 894 g/mol. The van der Waals surface area contributed by atoms with E-state index in [4.69, 9.17) is 21.8 Å². The van der Waals surface area contributed by atoms with Crippen molar-refractivity contribution in [1.29, 1.82) is 0 Å². The monoisotopic (exact) mass is 893 g/mol. The highest BCUT2D eigenvalue weighted by atomic mass is 32.1. The Labute approximate surface area is 406 Å². The molecule has 0 fully saturated rings. The lowest BCUT2D eigenvalue weighted by atomic mass is 9.97. The van der Waals surface area contributed by atoms with E-state index in [0.717, 1.165) is 60.2 Å². The van der Waals surface area contributed by atoms with Gasteiger partial charge in [-0.05, 0) is 106 Å². The molecule has 0 N–H and O–H groups in total. The van der Waals surface area contributed by atoms with Gasteiger partial charge in [-0.3, -0.25) is 9.97 Å². The number of para-hydroxylation sites is 3. The van der Waals surface area contributed by atoms with Crippen LogP contribution in [0, 0.1) is 0 Å². The maximum atomic E-state index is 9.28. The van der Waals surface area contributed by atoms with Gasteiger partial charge in [0.05, 0.1) is 26.3 Å². The van der Waals surface area contributed by atoms with Crippen LogP contribution < -0.4 is 0 Å². The summed E-state index contributed by atoms with van der Waals surface area (Å²) in [6.07, 6.45) is 7.09. The minimum Gasteiger partial charge on any atom is -0.309 e. The highest BCUT2D eigenvalue weighted by Crippen LogP contribution is 2.43. The highest BCUT2D eigenvalue weighted by Gasteiger charge is 2.21. The molecule has 7 heteroatoms. The molecule has 318 valence electrons. The number of hydrogen-bond donors (Lipinski definition) is 0. The van der Waals surface area contributed by atoms with Crippen LogP contribution in [0.2, 0.25) is 0 Å². The van der Waals surface area contributed by atoms with Gasteiger partial charge in [-0.15, -0.1) is 11.3 Å². The van der Waals surface area contributed by atoms with Gasteiger partial charge in [-0.1, -0.05) is 133 Å². The molecule has 5 heterocycles. The van der Waals surface area contributed by atoms with Gasteiger partial charge in [-0.2, -0.15) is 0 Å². The molecule has 0 aliphatic carbocycles. The van der Waals surface area contributed by atoms with Crippen LogP contribution in [0.25, 0.3) is 126 Å². The Balaban J connectivity index is 1.05. The van der Waals surface area contributed by atoms with Crippen LogP contribution >= 0.6 is 11.3 Å². The van der Waals surface area contributed by atoms with Gasteiger partial charge in [0.25, 0.3) is 0 Å². The predicted molar refractivity (Wildman–Crippen MR) is 281 cm³/mol. The Hall–Kier alpha value is -8.91. The van der Waals surface area contributed by atoms with Crippen LogP contribution in [0.3, 0.4) is 0 Å². The quantitative estimate of drug-likeness (QED) is 0.152. The molecule has 0 saturated carbocycles. The summed E-state index contributed by atoms with van der Waals surface area (Å²) in [6, 6.07) is 51.8. The number of benzene rings is 8. The molecule has 0 saturated heterocycles. The predicted octanol–water partition coefficient (Wildman–Crippen LogP) is 15.8. The van der Waals surface area contributed by atoms with Crippen LogP contribution in [0.5, 0.6) is 0 Å². The van der Waals surface area contributed by atoms with E-state index in [0.29, 0.717) is 28.5 Å². The third kappa shape index (κ3) is 6.92. The number of thiophene rings is 1. The molecule has 8 aromatic carbocycles. The van der Waals surface area contributed by atoms with Crippen molar-refractivity contribution in [3.8, 4) is 84.4 Å². The molecule has 0 unspecified atom stereocenters. The fraction of sp³-hybridized carbons (Fsp3) is 0. The van der Waals surface area contributed by atoms with Gasteiger partial charge < -0.3 is 4.57 Å². The van der Waals surface area contributed by atoms with Crippen molar-refractivity contribution in [3.63, 3.8) is 0 Å². The molecular formula is C61H38N6S. The highest BCUT2D eigenvalue weighted by molar-refractivity contribution is 7.26. The second-order valence-corrected chi connectivity index (χ2v) is 17.4. The first-order chi connectivity index (χ1) is 36.6. The summed E-state index contributed by atoms with van der Waals surface area (Å²) < 4.78 is 66.7. The first-order valence-electron chi connectivity index (χ1n) is 25.5. The Morgan fingerprint density at radius 2 is 1.00 bits per heavy atom. The normalized spacial score (nSPS) is 13.0. The maximum Gasteiger partial charge on any atom is 0.166 e. The van der Waals surface area contributed by atoms with E-state index in [9.17, 15) is 2.74 Å². The molecule has 0 bridgehead atoms. The summed E-state index contributed by atoms with van der Waals surface area (Å²) in [6.45, 7) is 0. The van der Waals surface area contributed by atoms with E-state index in [-0.39, 0.29) is 57.8 Å². The van der Waals surface area contributed by atoms with Crippen molar-refractivity contribution in [3.05, 3.63) is 231 Å². The van der Waals surface area contributed by atoms with E-state index in [2.05, 4.69) is 88.8 Å². The maximum absolute atomic E-state index is 9.28. The van der Waals surface area contributed by atoms with E-state index in [1.165, 1.54) is 16.2 Å². The number of fused-ring (bicyclic) bond motifs is 6. The lowest BCUT2D eigenvalue weighted by Crippen LogP contribution is -2.04. The van der Waals surface area contributed by atoms with Crippen LogP contribution in [0.1, 0.15) is 9.60 Å². The molecule has 0 amide bonds.